The predicted molar refractivity (Wildman–Crippen MR) is 66.9 cm³/mol. The minimum absolute atomic E-state index is 0.342. The summed E-state index contributed by atoms with van der Waals surface area (Å²) in [7, 11) is 0. The largest absolute Gasteiger partial charge is 0.383 e. The monoisotopic (exact) mass is 229 g/mol. The molecule has 4 N–H and O–H groups in total. The van der Waals surface area contributed by atoms with Gasteiger partial charge in [0.15, 0.2) is 5.82 Å². The molecular weight excluding hydrogens is 214 g/mol. The van der Waals surface area contributed by atoms with Crippen LogP contribution in [0.25, 0.3) is 11.5 Å². The van der Waals surface area contributed by atoms with Crippen LogP contribution in [0.4, 0.5) is 5.82 Å². The first-order valence-corrected chi connectivity index (χ1v) is 5.52. The van der Waals surface area contributed by atoms with E-state index in [9.17, 15) is 0 Å². The Morgan fingerprint density at radius 2 is 2.06 bits per heavy atom. The van der Waals surface area contributed by atoms with Crippen LogP contribution < -0.4 is 11.5 Å². The lowest BCUT2D eigenvalue weighted by molar-refractivity contribution is 1.01. The van der Waals surface area contributed by atoms with E-state index in [4.69, 9.17) is 11.5 Å². The number of hydrogen-bond donors (Lipinski definition) is 2. The smallest absolute Gasteiger partial charge is 0.180 e. The molecule has 0 amide bonds. The molecule has 0 atom stereocenters. The van der Waals surface area contributed by atoms with Gasteiger partial charge in [-0.15, -0.1) is 0 Å². The Bertz CT molecular complexity index is 524. The zero-order valence-electron chi connectivity index (χ0n) is 9.72. The highest BCUT2D eigenvalue weighted by molar-refractivity contribution is 5.57. The van der Waals surface area contributed by atoms with Crippen molar-refractivity contribution in [1.82, 2.24) is 15.0 Å². The summed E-state index contributed by atoms with van der Waals surface area (Å²) in [5.41, 5.74) is 14.0. The van der Waals surface area contributed by atoms with Gasteiger partial charge in [0.25, 0.3) is 0 Å². The van der Waals surface area contributed by atoms with Gasteiger partial charge in [0.05, 0.1) is 0 Å². The van der Waals surface area contributed by atoms with Gasteiger partial charge in [0, 0.05) is 24.5 Å². The van der Waals surface area contributed by atoms with E-state index in [1.54, 1.807) is 12.4 Å². The Morgan fingerprint density at radius 1 is 1.24 bits per heavy atom. The SMILES string of the molecule is CCc1cccnc1-c1ncc(CN)c(N)n1. The number of aryl methyl sites for hydroxylation is 1. The van der Waals surface area contributed by atoms with Crippen molar-refractivity contribution >= 4 is 5.82 Å². The summed E-state index contributed by atoms with van der Waals surface area (Å²) in [5.74, 6) is 0.974. The number of hydrogen-bond acceptors (Lipinski definition) is 5. The van der Waals surface area contributed by atoms with E-state index in [1.165, 1.54) is 0 Å². The number of aromatic nitrogens is 3. The Morgan fingerprint density at radius 3 is 2.71 bits per heavy atom. The molecule has 2 aromatic heterocycles. The highest BCUT2D eigenvalue weighted by atomic mass is 15.0. The van der Waals surface area contributed by atoms with E-state index in [2.05, 4.69) is 21.9 Å². The van der Waals surface area contributed by atoms with Crippen molar-refractivity contribution < 1.29 is 0 Å². The summed E-state index contributed by atoms with van der Waals surface area (Å²) < 4.78 is 0. The Kier molecular flexibility index (Phi) is 3.30. The summed E-state index contributed by atoms with van der Waals surface area (Å²) in [6, 6.07) is 3.92. The predicted octanol–water partition coefficient (Wildman–Crippen LogP) is 1.14. The first-order valence-electron chi connectivity index (χ1n) is 5.52. The fourth-order valence-electron chi connectivity index (χ4n) is 1.62. The summed E-state index contributed by atoms with van der Waals surface area (Å²) in [6.45, 7) is 2.41. The van der Waals surface area contributed by atoms with Crippen molar-refractivity contribution in [3.05, 3.63) is 35.7 Å². The van der Waals surface area contributed by atoms with Crippen molar-refractivity contribution in [1.29, 1.82) is 0 Å². The van der Waals surface area contributed by atoms with Crippen molar-refractivity contribution in [2.75, 3.05) is 5.73 Å². The minimum atomic E-state index is 0.342. The van der Waals surface area contributed by atoms with Crippen LogP contribution in [0.2, 0.25) is 0 Å². The third kappa shape index (κ3) is 2.24. The standard InChI is InChI=1S/C12H15N5/c1-2-8-4-3-5-15-10(8)12-16-7-9(6-13)11(14)17-12/h3-5,7H,2,6,13H2,1H3,(H2,14,16,17). The van der Waals surface area contributed by atoms with E-state index in [0.717, 1.165) is 23.2 Å². The molecule has 5 nitrogen and oxygen atoms in total. The fourth-order valence-corrected chi connectivity index (χ4v) is 1.62. The van der Waals surface area contributed by atoms with Crippen LogP contribution in [-0.4, -0.2) is 15.0 Å². The second kappa shape index (κ2) is 4.88. The van der Waals surface area contributed by atoms with E-state index in [-0.39, 0.29) is 0 Å². The Hall–Kier alpha value is -2.01. The number of nitrogen functional groups attached to an aromatic ring is 1. The van der Waals surface area contributed by atoms with Gasteiger partial charge in [0.1, 0.15) is 11.5 Å². The second-order valence-corrected chi connectivity index (χ2v) is 3.67. The number of anilines is 1. The molecule has 2 aromatic rings. The van der Waals surface area contributed by atoms with Crippen LogP contribution in [0.5, 0.6) is 0 Å². The number of pyridine rings is 1. The summed E-state index contributed by atoms with van der Waals surface area (Å²) >= 11 is 0. The molecule has 2 heterocycles. The number of nitrogens with two attached hydrogens (primary N) is 2. The molecule has 5 heteroatoms. The molecule has 2 rings (SSSR count). The van der Waals surface area contributed by atoms with E-state index in [1.807, 2.05) is 12.1 Å². The molecule has 0 radical (unpaired) electrons. The molecule has 0 aliphatic carbocycles. The van der Waals surface area contributed by atoms with Crippen molar-refractivity contribution in [3.8, 4) is 11.5 Å². The molecule has 0 bridgehead atoms. The lowest BCUT2D eigenvalue weighted by Crippen LogP contribution is -2.06. The first kappa shape index (κ1) is 11.5. The summed E-state index contributed by atoms with van der Waals surface area (Å²) in [5, 5.41) is 0. The summed E-state index contributed by atoms with van der Waals surface area (Å²) in [4.78, 5) is 12.8. The van der Waals surface area contributed by atoms with Gasteiger partial charge in [0.2, 0.25) is 0 Å². The average molecular weight is 229 g/mol. The summed E-state index contributed by atoms with van der Waals surface area (Å²) in [6.07, 6.45) is 4.27. The average Bonchev–Trinajstić information content (AvgIpc) is 2.38. The molecule has 88 valence electrons. The lowest BCUT2D eigenvalue weighted by Gasteiger charge is -2.07. The molecular formula is C12H15N5. The van der Waals surface area contributed by atoms with E-state index < -0.39 is 0 Å². The topological polar surface area (TPSA) is 90.7 Å². The van der Waals surface area contributed by atoms with Gasteiger partial charge < -0.3 is 11.5 Å². The zero-order chi connectivity index (χ0) is 12.3. The van der Waals surface area contributed by atoms with Crippen LogP contribution in [0, 0.1) is 0 Å². The van der Waals surface area contributed by atoms with E-state index >= 15 is 0 Å². The van der Waals surface area contributed by atoms with Gasteiger partial charge in [-0.1, -0.05) is 13.0 Å². The third-order valence-corrected chi connectivity index (χ3v) is 2.60. The number of rotatable bonds is 3. The molecule has 0 saturated heterocycles. The van der Waals surface area contributed by atoms with Gasteiger partial charge in [-0.3, -0.25) is 4.98 Å². The molecule has 0 spiro atoms. The van der Waals surface area contributed by atoms with Crippen LogP contribution >= 0.6 is 0 Å². The quantitative estimate of drug-likeness (QED) is 0.823. The Labute approximate surface area is 99.9 Å². The van der Waals surface area contributed by atoms with E-state index in [0.29, 0.717) is 18.2 Å². The minimum Gasteiger partial charge on any atom is -0.383 e. The third-order valence-electron chi connectivity index (χ3n) is 2.60. The normalized spacial score (nSPS) is 10.5. The van der Waals surface area contributed by atoms with Gasteiger partial charge in [-0.2, -0.15) is 0 Å². The molecule has 0 unspecified atom stereocenters. The van der Waals surface area contributed by atoms with Gasteiger partial charge in [-0.05, 0) is 18.1 Å². The molecule has 0 saturated carbocycles. The van der Waals surface area contributed by atoms with Crippen LogP contribution in [0.1, 0.15) is 18.1 Å². The van der Waals surface area contributed by atoms with Crippen molar-refractivity contribution in [2.24, 2.45) is 5.73 Å². The maximum absolute atomic E-state index is 5.80. The fraction of sp³-hybridized carbons (Fsp3) is 0.250. The van der Waals surface area contributed by atoms with Gasteiger partial charge in [-0.25, -0.2) is 9.97 Å². The second-order valence-electron chi connectivity index (χ2n) is 3.67. The highest BCUT2D eigenvalue weighted by Crippen LogP contribution is 2.19. The maximum atomic E-state index is 5.80. The number of nitrogens with zero attached hydrogens (tertiary/aromatic N) is 3. The zero-order valence-corrected chi connectivity index (χ0v) is 9.72. The molecule has 0 aliphatic rings. The lowest BCUT2D eigenvalue weighted by atomic mass is 10.1. The van der Waals surface area contributed by atoms with Crippen LogP contribution in [0.3, 0.4) is 0 Å². The molecule has 17 heavy (non-hydrogen) atoms. The van der Waals surface area contributed by atoms with Gasteiger partial charge >= 0.3 is 0 Å². The van der Waals surface area contributed by atoms with Crippen LogP contribution in [0.15, 0.2) is 24.5 Å². The van der Waals surface area contributed by atoms with Crippen molar-refractivity contribution in [3.63, 3.8) is 0 Å². The highest BCUT2D eigenvalue weighted by Gasteiger charge is 2.09. The maximum Gasteiger partial charge on any atom is 0.180 e. The molecule has 0 fully saturated rings. The molecule has 0 aliphatic heterocycles. The van der Waals surface area contributed by atoms with Crippen LogP contribution in [-0.2, 0) is 13.0 Å². The van der Waals surface area contributed by atoms with Crippen molar-refractivity contribution in [2.45, 2.75) is 19.9 Å². The first-order chi connectivity index (χ1) is 8.26. The molecule has 0 aromatic carbocycles. The Balaban J connectivity index is 2.49.